The van der Waals surface area contributed by atoms with Gasteiger partial charge in [-0.1, -0.05) is 6.92 Å². The van der Waals surface area contributed by atoms with E-state index in [2.05, 4.69) is 0 Å². The number of rotatable bonds is 2. The number of nitrogens with two attached hydrogens (primary N) is 1. The lowest BCUT2D eigenvalue weighted by Gasteiger charge is -2.14. The summed E-state index contributed by atoms with van der Waals surface area (Å²) < 4.78 is 0. The molecule has 0 aliphatic carbocycles. The summed E-state index contributed by atoms with van der Waals surface area (Å²) in [4.78, 5) is 10.1. The lowest BCUT2D eigenvalue weighted by molar-refractivity contribution is -0.142. The van der Waals surface area contributed by atoms with Crippen LogP contribution in [0.3, 0.4) is 0 Å². The molecule has 1 atom stereocenters. The first-order valence-corrected chi connectivity index (χ1v) is 2.53. The molecule has 9 heavy (non-hydrogen) atoms. The van der Waals surface area contributed by atoms with Crippen LogP contribution in [0.1, 0.15) is 20.3 Å². The Labute approximate surface area is 60.6 Å². The molecule has 3 N–H and O–H groups in total. The van der Waals surface area contributed by atoms with Crippen LogP contribution in [-0.2, 0) is 4.79 Å². The van der Waals surface area contributed by atoms with Crippen LogP contribution in [0.4, 0.5) is 0 Å². The molecule has 0 radical (unpaired) electrons. The highest BCUT2D eigenvalue weighted by molar-refractivity contribution is 5.85. The van der Waals surface area contributed by atoms with E-state index in [9.17, 15) is 4.79 Å². The molecule has 0 spiro atoms. The smallest absolute Gasteiger partial charge is 0.323 e. The first-order valence-electron chi connectivity index (χ1n) is 2.53. The van der Waals surface area contributed by atoms with Gasteiger partial charge in [0.2, 0.25) is 0 Å². The minimum atomic E-state index is -1.04. The quantitative estimate of drug-likeness (QED) is 0.612. The zero-order chi connectivity index (χ0) is 6.78. The summed E-state index contributed by atoms with van der Waals surface area (Å²) in [5, 5.41) is 8.32. The Hall–Kier alpha value is -0.280. The Morgan fingerprint density at radius 3 is 2.11 bits per heavy atom. The van der Waals surface area contributed by atoms with Crippen molar-refractivity contribution < 1.29 is 9.90 Å². The fourth-order valence-electron chi connectivity index (χ4n) is 0.151. The lowest BCUT2D eigenvalue weighted by Crippen LogP contribution is -2.43. The Morgan fingerprint density at radius 1 is 1.78 bits per heavy atom. The number of hydrogen-bond donors (Lipinski definition) is 2. The van der Waals surface area contributed by atoms with Gasteiger partial charge >= 0.3 is 5.97 Å². The van der Waals surface area contributed by atoms with Gasteiger partial charge in [-0.15, -0.1) is 12.4 Å². The van der Waals surface area contributed by atoms with Crippen molar-refractivity contribution in [2.45, 2.75) is 25.8 Å². The topological polar surface area (TPSA) is 63.3 Å². The first-order chi connectivity index (χ1) is 3.50. The van der Waals surface area contributed by atoms with Crippen molar-refractivity contribution in [3.05, 3.63) is 0 Å². The van der Waals surface area contributed by atoms with Gasteiger partial charge in [-0.2, -0.15) is 0 Å². The maximum atomic E-state index is 10.1. The summed E-state index contributed by atoms with van der Waals surface area (Å²) >= 11 is 0. The standard InChI is InChI=1S/C5H11NO2.ClH/c1-3-5(2,6)4(7)8;/h3,6H2,1-2H3,(H,7,8);1H/t5-;/m0./s1. The van der Waals surface area contributed by atoms with Gasteiger partial charge in [0.25, 0.3) is 0 Å². The van der Waals surface area contributed by atoms with E-state index in [1.165, 1.54) is 6.92 Å². The second-order valence-corrected chi connectivity index (χ2v) is 2.08. The average molecular weight is 154 g/mol. The molecule has 0 rings (SSSR count). The van der Waals surface area contributed by atoms with Crippen LogP contribution in [0.5, 0.6) is 0 Å². The number of hydrogen-bond acceptors (Lipinski definition) is 2. The van der Waals surface area contributed by atoms with Crippen molar-refractivity contribution in [3.63, 3.8) is 0 Å². The third-order valence-electron chi connectivity index (χ3n) is 1.22. The number of carbonyl (C=O) groups is 1. The van der Waals surface area contributed by atoms with Crippen molar-refractivity contribution in [2.75, 3.05) is 0 Å². The van der Waals surface area contributed by atoms with E-state index < -0.39 is 11.5 Å². The Kier molecular flexibility index (Phi) is 4.72. The van der Waals surface area contributed by atoms with Gasteiger partial charge in [0.05, 0.1) is 0 Å². The number of carboxylic acid groups (broad SMARTS) is 1. The molecule has 56 valence electrons. The van der Waals surface area contributed by atoms with Crippen molar-refractivity contribution in [3.8, 4) is 0 Å². The summed E-state index contributed by atoms with van der Waals surface area (Å²) in [6.07, 6.45) is 0.461. The van der Waals surface area contributed by atoms with Gasteiger partial charge in [0, 0.05) is 0 Å². The molecule has 0 fully saturated rings. The van der Waals surface area contributed by atoms with Crippen LogP contribution in [0.2, 0.25) is 0 Å². The molecule has 0 aromatic carbocycles. The predicted molar refractivity (Wildman–Crippen MR) is 37.8 cm³/mol. The van der Waals surface area contributed by atoms with Crippen molar-refractivity contribution in [1.82, 2.24) is 0 Å². The number of halogens is 1. The molecule has 0 aromatic rings. The third-order valence-corrected chi connectivity index (χ3v) is 1.22. The normalized spacial score (nSPS) is 15.4. The van der Waals surface area contributed by atoms with Gasteiger partial charge in [0.1, 0.15) is 5.54 Å². The maximum absolute atomic E-state index is 10.1. The third kappa shape index (κ3) is 3.32. The van der Waals surface area contributed by atoms with E-state index in [1.807, 2.05) is 0 Å². The SMILES string of the molecule is CC[C@](C)(N)C(=O)O.Cl. The summed E-state index contributed by atoms with van der Waals surface area (Å²) in [5.41, 5.74) is 4.22. The molecule has 0 saturated carbocycles. The second-order valence-electron chi connectivity index (χ2n) is 2.08. The Morgan fingerprint density at radius 2 is 2.11 bits per heavy atom. The molecule has 0 amide bonds. The Balaban J connectivity index is 0. The van der Waals surface area contributed by atoms with E-state index in [0.717, 1.165) is 0 Å². The maximum Gasteiger partial charge on any atom is 0.323 e. The fourth-order valence-corrected chi connectivity index (χ4v) is 0.151. The largest absolute Gasteiger partial charge is 0.480 e. The van der Waals surface area contributed by atoms with Gasteiger partial charge in [0.15, 0.2) is 0 Å². The van der Waals surface area contributed by atoms with E-state index in [-0.39, 0.29) is 12.4 Å². The Bertz CT molecular complexity index is 103. The molecule has 0 saturated heterocycles. The molecule has 0 heterocycles. The van der Waals surface area contributed by atoms with Crippen LogP contribution < -0.4 is 5.73 Å². The van der Waals surface area contributed by atoms with Crippen molar-refractivity contribution >= 4 is 18.4 Å². The molecular weight excluding hydrogens is 142 g/mol. The van der Waals surface area contributed by atoms with Crippen LogP contribution in [-0.4, -0.2) is 16.6 Å². The number of carboxylic acids is 1. The molecule has 0 aliphatic heterocycles. The highest BCUT2D eigenvalue weighted by atomic mass is 35.5. The fraction of sp³-hybridized carbons (Fsp3) is 0.800. The van der Waals surface area contributed by atoms with Crippen molar-refractivity contribution in [1.29, 1.82) is 0 Å². The van der Waals surface area contributed by atoms with E-state index in [4.69, 9.17) is 10.8 Å². The van der Waals surface area contributed by atoms with Gasteiger partial charge in [-0.3, -0.25) is 4.79 Å². The zero-order valence-electron chi connectivity index (χ0n) is 5.55. The molecule has 0 aromatic heterocycles. The molecule has 3 nitrogen and oxygen atoms in total. The van der Waals surface area contributed by atoms with Crippen LogP contribution in [0.15, 0.2) is 0 Å². The molecule has 4 heteroatoms. The minimum Gasteiger partial charge on any atom is -0.480 e. The van der Waals surface area contributed by atoms with Crippen LogP contribution in [0, 0.1) is 0 Å². The van der Waals surface area contributed by atoms with Gasteiger partial charge in [-0.05, 0) is 13.3 Å². The van der Waals surface area contributed by atoms with E-state index >= 15 is 0 Å². The van der Waals surface area contributed by atoms with Gasteiger partial charge < -0.3 is 10.8 Å². The highest BCUT2D eigenvalue weighted by Gasteiger charge is 2.24. The van der Waals surface area contributed by atoms with E-state index in [0.29, 0.717) is 6.42 Å². The van der Waals surface area contributed by atoms with E-state index in [1.54, 1.807) is 6.92 Å². The lowest BCUT2D eigenvalue weighted by atomic mass is 10.0. The second kappa shape index (κ2) is 3.69. The molecule has 0 unspecified atom stereocenters. The first kappa shape index (κ1) is 11.5. The molecular formula is C5H12ClNO2. The monoisotopic (exact) mass is 153 g/mol. The number of aliphatic carboxylic acids is 1. The van der Waals surface area contributed by atoms with Crippen LogP contribution >= 0.6 is 12.4 Å². The van der Waals surface area contributed by atoms with Crippen molar-refractivity contribution in [2.24, 2.45) is 5.73 Å². The molecule has 0 aliphatic rings. The summed E-state index contributed by atoms with van der Waals surface area (Å²) in [6, 6.07) is 0. The highest BCUT2D eigenvalue weighted by Crippen LogP contribution is 2.02. The average Bonchev–Trinajstić information content (AvgIpc) is 1.67. The molecule has 0 bridgehead atoms. The van der Waals surface area contributed by atoms with Gasteiger partial charge in [-0.25, -0.2) is 0 Å². The summed E-state index contributed by atoms with van der Waals surface area (Å²) in [5.74, 6) is -0.944. The summed E-state index contributed by atoms with van der Waals surface area (Å²) in [6.45, 7) is 3.24. The summed E-state index contributed by atoms with van der Waals surface area (Å²) in [7, 11) is 0. The minimum absolute atomic E-state index is 0. The predicted octanol–water partition coefficient (Wildman–Crippen LogP) is 0.620. The zero-order valence-corrected chi connectivity index (χ0v) is 6.36. The van der Waals surface area contributed by atoms with Crippen LogP contribution in [0.25, 0.3) is 0 Å².